The van der Waals surface area contributed by atoms with Crippen molar-refractivity contribution in [1.29, 1.82) is 0 Å². The summed E-state index contributed by atoms with van der Waals surface area (Å²) in [6.45, 7) is 1.73. The lowest BCUT2D eigenvalue weighted by atomic mass is 10.2. The zero-order valence-corrected chi connectivity index (χ0v) is 18.2. The van der Waals surface area contributed by atoms with Crippen LogP contribution < -0.4 is 10.9 Å². The van der Waals surface area contributed by atoms with Gasteiger partial charge >= 0.3 is 0 Å². The number of aromatic amines is 1. The smallest absolute Gasteiger partial charge is 0.292 e. The number of hydrogen-bond acceptors (Lipinski definition) is 6. The second-order valence-corrected chi connectivity index (χ2v) is 7.82. The number of furan rings is 1. The van der Waals surface area contributed by atoms with Gasteiger partial charge in [0.25, 0.3) is 11.5 Å². The predicted octanol–water partition coefficient (Wildman–Crippen LogP) is 3.74. The van der Waals surface area contributed by atoms with Gasteiger partial charge in [0.1, 0.15) is 28.3 Å². The molecule has 0 aliphatic heterocycles. The summed E-state index contributed by atoms with van der Waals surface area (Å²) in [4.78, 5) is 32.8. The standard InChI is InChI=1S/C24H16FN7O3/c1-13-10-20(27-23(34)19-11-14-6-2-5-9-18(14)35-19)32(30-13)24-28-21-15(22(33)29-24)12-26-31(21)17-8-4-3-7-16(17)25/h2-12H,1H3,(H,27,34)(H,28,29,33). The number of aryl methyl sites for hydroxylation is 1. The van der Waals surface area contributed by atoms with Crippen LogP contribution in [0.2, 0.25) is 0 Å². The summed E-state index contributed by atoms with van der Waals surface area (Å²) in [6.07, 6.45) is 1.32. The monoisotopic (exact) mass is 469 g/mol. The first-order valence-corrected chi connectivity index (χ1v) is 10.6. The number of anilines is 1. The zero-order chi connectivity index (χ0) is 24.1. The molecule has 6 rings (SSSR count). The van der Waals surface area contributed by atoms with Crippen LogP contribution in [0.25, 0.3) is 33.6 Å². The number of aromatic nitrogens is 6. The number of hydrogen-bond donors (Lipinski definition) is 2. The number of H-pyrrole nitrogens is 1. The van der Waals surface area contributed by atoms with Crippen LogP contribution in [-0.2, 0) is 0 Å². The van der Waals surface area contributed by atoms with Gasteiger partial charge in [0, 0.05) is 11.5 Å². The van der Waals surface area contributed by atoms with Gasteiger partial charge in [-0.25, -0.2) is 9.07 Å². The molecule has 0 fully saturated rings. The zero-order valence-electron chi connectivity index (χ0n) is 18.2. The second-order valence-electron chi connectivity index (χ2n) is 7.82. The molecule has 0 saturated carbocycles. The topological polar surface area (TPSA) is 124 Å². The molecule has 172 valence electrons. The van der Waals surface area contributed by atoms with Gasteiger partial charge < -0.3 is 9.73 Å². The van der Waals surface area contributed by atoms with E-state index in [1.165, 1.54) is 27.7 Å². The average Bonchev–Trinajstić information content (AvgIpc) is 3.56. The van der Waals surface area contributed by atoms with E-state index in [0.29, 0.717) is 11.3 Å². The normalized spacial score (nSPS) is 11.4. The van der Waals surface area contributed by atoms with Crippen molar-refractivity contribution in [2.75, 3.05) is 5.32 Å². The van der Waals surface area contributed by atoms with Gasteiger partial charge in [0.05, 0.1) is 11.9 Å². The SMILES string of the molecule is Cc1cc(NC(=O)c2cc3ccccc3o2)n(-c2nc3c(cnn3-c3ccccc3F)c(=O)[nH]2)n1. The first-order valence-electron chi connectivity index (χ1n) is 10.6. The third kappa shape index (κ3) is 3.46. The number of halogens is 1. The summed E-state index contributed by atoms with van der Waals surface area (Å²) in [6, 6.07) is 16.6. The molecule has 0 aliphatic rings. The lowest BCUT2D eigenvalue weighted by molar-refractivity contribution is 0.0998. The molecule has 0 radical (unpaired) electrons. The van der Waals surface area contributed by atoms with Crippen molar-refractivity contribution in [1.82, 2.24) is 29.5 Å². The van der Waals surface area contributed by atoms with E-state index in [0.717, 1.165) is 5.39 Å². The Labute approximate surface area is 195 Å². The molecule has 0 saturated heterocycles. The third-order valence-corrected chi connectivity index (χ3v) is 5.43. The van der Waals surface area contributed by atoms with E-state index < -0.39 is 17.3 Å². The van der Waals surface area contributed by atoms with Crippen LogP contribution in [0, 0.1) is 12.7 Å². The maximum atomic E-state index is 14.4. The number of carbonyl (C=O) groups excluding carboxylic acids is 1. The van der Waals surface area contributed by atoms with Crippen molar-refractivity contribution in [3.05, 3.63) is 94.5 Å². The molecule has 0 spiro atoms. The van der Waals surface area contributed by atoms with Crippen LogP contribution in [0.15, 0.2) is 76.1 Å². The summed E-state index contributed by atoms with van der Waals surface area (Å²) in [5.74, 6) is -0.621. The van der Waals surface area contributed by atoms with Crippen molar-refractivity contribution < 1.29 is 13.6 Å². The molecule has 35 heavy (non-hydrogen) atoms. The van der Waals surface area contributed by atoms with E-state index in [1.807, 2.05) is 18.2 Å². The number of para-hydroxylation sites is 2. The minimum absolute atomic E-state index is 0.0218. The number of fused-ring (bicyclic) bond motifs is 2. The molecule has 6 aromatic rings. The molecule has 0 atom stereocenters. The molecular weight excluding hydrogens is 453 g/mol. The quantitative estimate of drug-likeness (QED) is 0.405. The van der Waals surface area contributed by atoms with Gasteiger partial charge in [0.2, 0.25) is 5.95 Å². The lowest BCUT2D eigenvalue weighted by Crippen LogP contribution is -2.19. The van der Waals surface area contributed by atoms with Crippen LogP contribution >= 0.6 is 0 Å². The first kappa shape index (κ1) is 20.5. The summed E-state index contributed by atoms with van der Waals surface area (Å²) >= 11 is 0. The van der Waals surface area contributed by atoms with Crippen LogP contribution in [0.5, 0.6) is 0 Å². The average molecular weight is 469 g/mol. The van der Waals surface area contributed by atoms with Crippen molar-refractivity contribution in [2.45, 2.75) is 6.92 Å². The number of amides is 1. The van der Waals surface area contributed by atoms with Crippen LogP contribution in [0.1, 0.15) is 16.2 Å². The van der Waals surface area contributed by atoms with Crippen molar-refractivity contribution in [3.8, 4) is 11.6 Å². The van der Waals surface area contributed by atoms with Gasteiger partial charge in [-0.15, -0.1) is 0 Å². The Kier molecular flexibility index (Phi) is 4.56. The Bertz CT molecular complexity index is 1780. The fourth-order valence-electron chi connectivity index (χ4n) is 3.83. The molecule has 11 heteroatoms. The van der Waals surface area contributed by atoms with Gasteiger partial charge in [-0.3, -0.25) is 14.6 Å². The molecule has 0 bridgehead atoms. The summed E-state index contributed by atoms with van der Waals surface area (Å²) in [5.41, 5.74) is 0.934. The van der Waals surface area contributed by atoms with Crippen LogP contribution in [-0.4, -0.2) is 35.4 Å². The largest absolute Gasteiger partial charge is 0.451 e. The third-order valence-electron chi connectivity index (χ3n) is 5.43. The van der Waals surface area contributed by atoms with E-state index in [2.05, 4.69) is 25.5 Å². The first-order chi connectivity index (χ1) is 17.0. The number of nitrogens with zero attached hydrogens (tertiary/aromatic N) is 5. The Hall–Kier alpha value is -5.06. The Morgan fingerprint density at radius 1 is 1.09 bits per heavy atom. The highest BCUT2D eigenvalue weighted by Crippen LogP contribution is 2.22. The number of rotatable bonds is 4. The molecule has 1 amide bonds. The van der Waals surface area contributed by atoms with Crippen LogP contribution in [0.3, 0.4) is 0 Å². The van der Waals surface area contributed by atoms with Crippen molar-refractivity contribution in [2.24, 2.45) is 0 Å². The Morgan fingerprint density at radius 3 is 2.71 bits per heavy atom. The highest BCUT2D eigenvalue weighted by atomic mass is 19.1. The van der Waals surface area contributed by atoms with Gasteiger partial charge in [0.15, 0.2) is 11.4 Å². The molecule has 0 aliphatic carbocycles. The lowest BCUT2D eigenvalue weighted by Gasteiger charge is -2.08. The molecule has 2 aromatic carbocycles. The number of carbonyl (C=O) groups is 1. The number of benzene rings is 2. The Morgan fingerprint density at radius 2 is 1.89 bits per heavy atom. The van der Waals surface area contributed by atoms with Crippen molar-refractivity contribution in [3.63, 3.8) is 0 Å². The minimum atomic E-state index is -0.519. The second kappa shape index (κ2) is 7.76. The predicted molar refractivity (Wildman–Crippen MR) is 125 cm³/mol. The van der Waals surface area contributed by atoms with Crippen LogP contribution in [0.4, 0.5) is 10.2 Å². The van der Waals surface area contributed by atoms with Gasteiger partial charge in [-0.2, -0.15) is 19.9 Å². The molecule has 4 aromatic heterocycles. The molecular formula is C24H16FN7O3. The van der Waals surface area contributed by atoms with E-state index in [9.17, 15) is 14.0 Å². The summed E-state index contributed by atoms with van der Waals surface area (Å²) in [7, 11) is 0. The molecule has 4 heterocycles. The summed E-state index contributed by atoms with van der Waals surface area (Å²) in [5, 5.41) is 12.2. The van der Waals surface area contributed by atoms with Gasteiger partial charge in [-0.1, -0.05) is 30.3 Å². The fraction of sp³-hybridized carbons (Fsp3) is 0.0417. The molecule has 10 nitrogen and oxygen atoms in total. The summed E-state index contributed by atoms with van der Waals surface area (Å²) < 4.78 is 22.6. The maximum Gasteiger partial charge on any atom is 0.292 e. The fourth-order valence-corrected chi connectivity index (χ4v) is 3.83. The number of nitrogens with one attached hydrogen (secondary N) is 2. The highest BCUT2D eigenvalue weighted by molar-refractivity contribution is 6.04. The van der Waals surface area contributed by atoms with Crippen molar-refractivity contribution >= 4 is 33.7 Å². The van der Waals surface area contributed by atoms with E-state index >= 15 is 0 Å². The van der Waals surface area contributed by atoms with E-state index in [4.69, 9.17) is 4.42 Å². The van der Waals surface area contributed by atoms with Gasteiger partial charge in [-0.05, 0) is 31.2 Å². The Balaban J connectivity index is 1.43. The van der Waals surface area contributed by atoms with E-state index in [-0.39, 0.29) is 34.2 Å². The molecule has 2 N–H and O–H groups in total. The maximum absolute atomic E-state index is 14.4. The highest BCUT2D eigenvalue weighted by Gasteiger charge is 2.19. The van der Waals surface area contributed by atoms with E-state index in [1.54, 1.807) is 37.3 Å². The molecule has 0 unspecified atom stereocenters. The minimum Gasteiger partial charge on any atom is -0.451 e.